The molecule has 0 atom stereocenters. The summed E-state index contributed by atoms with van der Waals surface area (Å²) in [5, 5.41) is 3.28. The first kappa shape index (κ1) is 17.4. The lowest BCUT2D eigenvalue weighted by molar-refractivity contribution is 0.0595. The maximum atomic E-state index is 11.8. The number of halogens is 1. The predicted molar refractivity (Wildman–Crippen MR) is 97.8 cm³/mol. The first-order valence-corrected chi connectivity index (χ1v) is 8.36. The largest absolute Gasteiger partial charge is 0.464 e. The molecule has 3 rings (SSSR count). The lowest BCUT2D eigenvalue weighted by Crippen LogP contribution is -2.44. The van der Waals surface area contributed by atoms with Crippen LogP contribution in [-0.4, -0.2) is 61.2 Å². The minimum atomic E-state index is -0.569. The number of hydrogen-bond acceptors (Lipinski definition) is 7. The van der Waals surface area contributed by atoms with Gasteiger partial charge in [0.25, 0.3) is 0 Å². The maximum Gasteiger partial charge on any atom is 0.360 e. The van der Waals surface area contributed by atoms with Crippen molar-refractivity contribution in [2.24, 2.45) is 0 Å². The van der Waals surface area contributed by atoms with Crippen LogP contribution in [0.4, 0.5) is 17.2 Å². The van der Waals surface area contributed by atoms with Crippen molar-refractivity contribution >= 4 is 34.8 Å². The van der Waals surface area contributed by atoms with Gasteiger partial charge in [0.15, 0.2) is 11.5 Å². The van der Waals surface area contributed by atoms with E-state index in [2.05, 4.69) is 32.1 Å². The summed E-state index contributed by atoms with van der Waals surface area (Å²) in [7, 11) is 3.43. The molecule has 0 saturated carbocycles. The van der Waals surface area contributed by atoms with Crippen molar-refractivity contribution < 1.29 is 9.53 Å². The molecule has 2 heterocycles. The summed E-state index contributed by atoms with van der Waals surface area (Å²) in [5.74, 6) is -0.299. The molecule has 0 bridgehead atoms. The Morgan fingerprint density at radius 1 is 1.20 bits per heavy atom. The topological polar surface area (TPSA) is 70.6 Å². The highest BCUT2D eigenvalue weighted by Gasteiger charge is 2.17. The summed E-state index contributed by atoms with van der Waals surface area (Å²) in [4.78, 5) is 24.6. The van der Waals surface area contributed by atoms with E-state index >= 15 is 0 Å². The average Bonchev–Trinajstić information content (AvgIpc) is 2.63. The molecule has 0 spiro atoms. The second-order valence-electron chi connectivity index (χ2n) is 5.84. The molecule has 0 amide bonds. The van der Waals surface area contributed by atoms with Gasteiger partial charge >= 0.3 is 5.97 Å². The molecule has 0 aliphatic carbocycles. The van der Waals surface area contributed by atoms with Gasteiger partial charge in [-0.15, -0.1) is 0 Å². The van der Waals surface area contributed by atoms with Crippen LogP contribution in [0.15, 0.2) is 30.5 Å². The molecule has 1 aromatic heterocycles. The van der Waals surface area contributed by atoms with Gasteiger partial charge in [-0.05, 0) is 31.3 Å². The number of aromatic nitrogens is 2. The van der Waals surface area contributed by atoms with Crippen molar-refractivity contribution in [1.82, 2.24) is 14.9 Å². The lowest BCUT2D eigenvalue weighted by atomic mass is 10.2. The van der Waals surface area contributed by atoms with Gasteiger partial charge in [-0.3, -0.25) is 0 Å². The molecule has 132 valence electrons. The van der Waals surface area contributed by atoms with E-state index in [1.165, 1.54) is 19.0 Å². The summed E-state index contributed by atoms with van der Waals surface area (Å²) in [6.07, 6.45) is 1.31. The van der Waals surface area contributed by atoms with Gasteiger partial charge in [0.05, 0.1) is 13.3 Å². The number of carbonyl (C=O) groups excluding carboxylic acids is 1. The molecule has 25 heavy (non-hydrogen) atoms. The van der Waals surface area contributed by atoms with Crippen molar-refractivity contribution in [2.75, 3.05) is 50.6 Å². The average molecular weight is 362 g/mol. The number of piperazine rings is 1. The number of hydrogen-bond donors (Lipinski definition) is 1. The number of ether oxygens (including phenoxy) is 1. The fraction of sp³-hybridized carbons (Fsp3) is 0.353. The number of carbonyl (C=O) groups is 1. The van der Waals surface area contributed by atoms with Crippen LogP contribution in [0.1, 0.15) is 10.5 Å². The number of nitrogens with one attached hydrogen (secondary N) is 1. The monoisotopic (exact) mass is 361 g/mol. The van der Waals surface area contributed by atoms with Crippen molar-refractivity contribution in [3.63, 3.8) is 0 Å². The molecule has 1 aliphatic heterocycles. The Kier molecular flexibility index (Phi) is 5.35. The molecule has 8 heteroatoms. The minimum Gasteiger partial charge on any atom is -0.464 e. The van der Waals surface area contributed by atoms with Gasteiger partial charge in [-0.2, -0.15) is 0 Å². The van der Waals surface area contributed by atoms with Gasteiger partial charge < -0.3 is 19.9 Å². The zero-order valence-electron chi connectivity index (χ0n) is 14.2. The lowest BCUT2D eigenvalue weighted by Gasteiger charge is -2.34. The number of anilines is 3. The normalized spacial score (nSPS) is 15.1. The highest BCUT2D eigenvalue weighted by atomic mass is 35.5. The second kappa shape index (κ2) is 7.67. The summed E-state index contributed by atoms with van der Waals surface area (Å²) < 4.78 is 4.73. The summed E-state index contributed by atoms with van der Waals surface area (Å²) >= 11 is 5.89. The summed E-state index contributed by atoms with van der Waals surface area (Å²) in [6, 6.07) is 7.97. The molecule has 1 saturated heterocycles. The Morgan fingerprint density at radius 2 is 1.88 bits per heavy atom. The van der Waals surface area contributed by atoms with Crippen molar-refractivity contribution in [2.45, 2.75) is 0 Å². The Hall–Kier alpha value is -2.38. The number of esters is 1. The molecule has 1 fully saturated rings. The number of benzene rings is 1. The standard InChI is InChI=1S/C17H20ClN5O2/c1-22-7-9-23(10-8-22)13-5-3-12(4-6-13)20-16-15(17(24)25-2)19-11-14(18)21-16/h3-6,11H,7-10H2,1-2H3,(H,20,21). The van der Waals surface area contributed by atoms with Gasteiger partial charge in [0, 0.05) is 37.6 Å². The van der Waals surface area contributed by atoms with Crippen LogP contribution in [0.5, 0.6) is 0 Å². The Bertz CT molecular complexity index is 745. The van der Waals surface area contributed by atoms with Crippen LogP contribution < -0.4 is 10.2 Å². The molecule has 1 aliphatic rings. The Balaban J connectivity index is 1.76. The van der Waals surface area contributed by atoms with Gasteiger partial charge in [0.2, 0.25) is 0 Å². The molecule has 1 N–H and O–H groups in total. The van der Waals surface area contributed by atoms with Crippen molar-refractivity contribution in [1.29, 1.82) is 0 Å². The van der Waals surface area contributed by atoms with Crippen LogP contribution in [0.3, 0.4) is 0 Å². The highest BCUT2D eigenvalue weighted by molar-refractivity contribution is 6.29. The van der Waals surface area contributed by atoms with Crippen LogP contribution >= 0.6 is 11.6 Å². The Morgan fingerprint density at radius 3 is 2.52 bits per heavy atom. The number of rotatable bonds is 4. The highest BCUT2D eigenvalue weighted by Crippen LogP contribution is 2.23. The fourth-order valence-electron chi connectivity index (χ4n) is 2.66. The third-order valence-corrected chi connectivity index (χ3v) is 4.30. The number of likely N-dealkylation sites (N-methyl/N-ethyl adjacent to an activating group) is 1. The van der Waals surface area contributed by atoms with E-state index in [0.717, 1.165) is 31.9 Å². The summed E-state index contributed by atoms with van der Waals surface area (Å²) in [5.41, 5.74) is 2.05. The van der Waals surface area contributed by atoms with Gasteiger partial charge in [-0.25, -0.2) is 14.8 Å². The van der Waals surface area contributed by atoms with Crippen molar-refractivity contribution in [3.8, 4) is 0 Å². The molecule has 7 nitrogen and oxygen atoms in total. The molecule has 1 aromatic carbocycles. The van der Waals surface area contributed by atoms with Crippen LogP contribution in [0.25, 0.3) is 0 Å². The number of nitrogens with zero attached hydrogens (tertiary/aromatic N) is 4. The quantitative estimate of drug-likeness (QED) is 0.838. The third kappa shape index (κ3) is 4.18. The fourth-order valence-corrected chi connectivity index (χ4v) is 2.79. The third-order valence-electron chi connectivity index (χ3n) is 4.12. The molecule has 0 radical (unpaired) electrons. The molecular formula is C17H20ClN5O2. The van der Waals surface area contributed by atoms with Crippen LogP contribution in [0.2, 0.25) is 5.15 Å². The van der Waals surface area contributed by atoms with Gasteiger partial charge in [0.1, 0.15) is 5.15 Å². The van der Waals surface area contributed by atoms with Crippen LogP contribution in [0, 0.1) is 0 Å². The zero-order valence-corrected chi connectivity index (χ0v) is 15.0. The van der Waals surface area contributed by atoms with E-state index in [0.29, 0.717) is 0 Å². The maximum absolute atomic E-state index is 11.8. The van der Waals surface area contributed by atoms with Gasteiger partial charge in [-0.1, -0.05) is 11.6 Å². The molecule has 2 aromatic rings. The first-order chi connectivity index (χ1) is 12.1. The summed E-state index contributed by atoms with van der Waals surface area (Å²) in [6.45, 7) is 4.13. The van der Waals surface area contributed by atoms with E-state index in [4.69, 9.17) is 16.3 Å². The van der Waals surface area contributed by atoms with E-state index in [-0.39, 0.29) is 16.7 Å². The van der Waals surface area contributed by atoms with E-state index in [9.17, 15) is 4.79 Å². The second-order valence-corrected chi connectivity index (χ2v) is 6.23. The zero-order chi connectivity index (χ0) is 17.8. The number of methoxy groups -OCH3 is 1. The van der Waals surface area contributed by atoms with Crippen molar-refractivity contribution in [3.05, 3.63) is 41.3 Å². The first-order valence-electron chi connectivity index (χ1n) is 7.98. The minimum absolute atomic E-state index is 0.0926. The van der Waals surface area contributed by atoms with E-state index < -0.39 is 5.97 Å². The molecule has 0 unspecified atom stereocenters. The van der Waals surface area contributed by atoms with E-state index in [1.54, 1.807) is 0 Å². The van der Waals surface area contributed by atoms with E-state index in [1.807, 2.05) is 24.3 Å². The predicted octanol–water partition coefficient (Wildman–Crippen LogP) is 2.41. The molecular weight excluding hydrogens is 342 g/mol. The van der Waals surface area contributed by atoms with Crippen LogP contribution in [-0.2, 0) is 4.74 Å². The Labute approximate surface area is 151 Å². The smallest absolute Gasteiger partial charge is 0.360 e. The SMILES string of the molecule is COC(=O)c1ncc(Cl)nc1Nc1ccc(N2CCN(C)CC2)cc1.